The Balaban J connectivity index is 2.72. The summed E-state index contributed by atoms with van der Waals surface area (Å²) < 4.78 is 0. The molecular formula is C13H16N2O2. The van der Waals surface area contributed by atoms with Crippen LogP contribution in [0.15, 0.2) is 35.9 Å². The number of amides is 2. The Kier molecular flexibility index (Phi) is 4.46. The maximum Gasteiger partial charge on any atom is 0.251 e. The van der Waals surface area contributed by atoms with E-state index < -0.39 is 0 Å². The van der Waals surface area contributed by atoms with Crippen LogP contribution in [0.3, 0.4) is 0 Å². The first-order chi connectivity index (χ1) is 8.02. The third-order valence-corrected chi connectivity index (χ3v) is 2.06. The molecule has 0 unspecified atom stereocenters. The quantitative estimate of drug-likeness (QED) is 0.782. The van der Waals surface area contributed by atoms with Crippen LogP contribution in [0, 0.1) is 0 Å². The average molecular weight is 232 g/mol. The fourth-order valence-corrected chi connectivity index (χ4v) is 1.29. The van der Waals surface area contributed by atoms with Crippen molar-refractivity contribution >= 4 is 17.5 Å². The molecule has 0 saturated heterocycles. The van der Waals surface area contributed by atoms with Gasteiger partial charge in [0, 0.05) is 24.4 Å². The van der Waals surface area contributed by atoms with Crippen LogP contribution in [0.2, 0.25) is 0 Å². The average Bonchev–Trinajstić information content (AvgIpc) is 2.28. The lowest BCUT2D eigenvalue weighted by Crippen LogP contribution is -2.17. The third-order valence-electron chi connectivity index (χ3n) is 2.06. The number of hydrogen-bond donors (Lipinski definition) is 2. The number of hydrogen-bond acceptors (Lipinski definition) is 2. The molecule has 17 heavy (non-hydrogen) atoms. The lowest BCUT2D eigenvalue weighted by Gasteiger charge is -2.04. The summed E-state index contributed by atoms with van der Waals surface area (Å²) in [6.07, 6.45) is 1.52. The smallest absolute Gasteiger partial charge is 0.251 e. The lowest BCUT2D eigenvalue weighted by atomic mass is 10.2. The number of benzene rings is 1. The molecule has 1 rings (SSSR count). The minimum absolute atomic E-state index is 0.146. The van der Waals surface area contributed by atoms with Crippen molar-refractivity contribution < 1.29 is 9.59 Å². The van der Waals surface area contributed by atoms with Crippen molar-refractivity contribution in [3.8, 4) is 0 Å². The van der Waals surface area contributed by atoms with Gasteiger partial charge in [-0.3, -0.25) is 9.59 Å². The predicted octanol–water partition coefficient (Wildman–Crippen LogP) is 1.95. The summed E-state index contributed by atoms with van der Waals surface area (Å²) in [6.45, 7) is 3.71. The van der Waals surface area contributed by atoms with E-state index in [1.54, 1.807) is 31.3 Å². The maximum absolute atomic E-state index is 11.4. The first-order valence-electron chi connectivity index (χ1n) is 5.31. The molecule has 4 nitrogen and oxygen atoms in total. The fraction of sp³-hybridized carbons (Fsp3) is 0.231. The molecule has 1 aromatic carbocycles. The Morgan fingerprint density at radius 3 is 2.18 bits per heavy atom. The summed E-state index contributed by atoms with van der Waals surface area (Å²) in [6, 6.07) is 6.72. The van der Waals surface area contributed by atoms with Crippen LogP contribution in [0.4, 0.5) is 5.69 Å². The largest absolute Gasteiger partial charge is 0.355 e. The zero-order chi connectivity index (χ0) is 12.8. The zero-order valence-corrected chi connectivity index (χ0v) is 10.2. The van der Waals surface area contributed by atoms with E-state index in [1.807, 2.05) is 13.8 Å². The van der Waals surface area contributed by atoms with Gasteiger partial charge in [-0.25, -0.2) is 0 Å². The van der Waals surface area contributed by atoms with Crippen LogP contribution >= 0.6 is 0 Å². The van der Waals surface area contributed by atoms with Gasteiger partial charge >= 0.3 is 0 Å². The molecule has 1 aromatic rings. The van der Waals surface area contributed by atoms with E-state index in [0.717, 1.165) is 5.57 Å². The van der Waals surface area contributed by atoms with Gasteiger partial charge in [0.05, 0.1) is 0 Å². The van der Waals surface area contributed by atoms with Gasteiger partial charge in [-0.05, 0) is 38.1 Å². The van der Waals surface area contributed by atoms with E-state index in [2.05, 4.69) is 10.6 Å². The van der Waals surface area contributed by atoms with Gasteiger partial charge in [-0.2, -0.15) is 0 Å². The Hall–Kier alpha value is -2.10. The van der Waals surface area contributed by atoms with E-state index in [1.165, 1.54) is 6.08 Å². The molecule has 0 aromatic heterocycles. The number of carbonyl (C=O) groups is 2. The van der Waals surface area contributed by atoms with E-state index in [0.29, 0.717) is 11.3 Å². The van der Waals surface area contributed by atoms with E-state index in [4.69, 9.17) is 0 Å². The van der Waals surface area contributed by atoms with Gasteiger partial charge in [-0.1, -0.05) is 5.57 Å². The van der Waals surface area contributed by atoms with Crippen molar-refractivity contribution in [2.45, 2.75) is 13.8 Å². The number of carbonyl (C=O) groups excluding carboxylic acids is 2. The summed E-state index contributed by atoms with van der Waals surface area (Å²) >= 11 is 0. The van der Waals surface area contributed by atoms with Crippen LogP contribution < -0.4 is 10.6 Å². The maximum atomic E-state index is 11.4. The van der Waals surface area contributed by atoms with Gasteiger partial charge in [0.15, 0.2) is 0 Å². The van der Waals surface area contributed by atoms with Gasteiger partial charge < -0.3 is 10.6 Å². The first-order valence-corrected chi connectivity index (χ1v) is 5.31. The number of nitrogens with one attached hydrogen (secondary N) is 2. The van der Waals surface area contributed by atoms with E-state index >= 15 is 0 Å². The molecule has 0 bridgehead atoms. The van der Waals surface area contributed by atoms with Gasteiger partial charge in [0.25, 0.3) is 5.91 Å². The molecule has 0 aliphatic rings. The molecule has 4 heteroatoms. The Morgan fingerprint density at radius 1 is 1.12 bits per heavy atom. The van der Waals surface area contributed by atoms with Crippen molar-refractivity contribution in [3.63, 3.8) is 0 Å². The summed E-state index contributed by atoms with van der Waals surface area (Å²) in [5.41, 5.74) is 2.16. The van der Waals surface area contributed by atoms with Crippen LogP contribution in [-0.2, 0) is 4.79 Å². The minimum atomic E-state index is -0.169. The molecule has 0 aliphatic heterocycles. The first kappa shape index (κ1) is 13.0. The van der Waals surface area contributed by atoms with Gasteiger partial charge in [0.2, 0.25) is 5.91 Å². The number of anilines is 1. The fourth-order valence-electron chi connectivity index (χ4n) is 1.29. The normalized spacial score (nSPS) is 9.35. The van der Waals surface area contributed by atoms with Crippen molar-refractivity contribution in [2.75, 3.05) is 12.4 Å². The monoisotopic (exact) mass is 232 g/mol. The highest BCUT2D eigenvalue weighted by Gasteiger charge is 2.03. The van der Waals surface area contributed by atoms with Gasteiger partial charge in [0.1, 0.15) is 0 Å². The van der Waals surface area contributed by atoms with Crippen LogP contribution in [0.5, 0.6) is 0 Å². The number of rotatable bonds is 3. The molecule has 0 fully saturated rings. The van der Waals surface area contributed by atoms with Crippen molar-refractivity contribution in [1.82, 2.24) is 5.32 Å². The summed E-state index contributed by atoms with van der Waals surface area (Å²) in [5, 5.41) is 5.24. The Labute approximate surface area is 101 Å². The highest BCUT2D eigenvalue weighted by atomic mass is 16.2. The second-order valence-corrected chi connectivity index (χ2v) is 3.87. The van der Waals surface area contributed by atoms with Crippen molar-refractivity contribution in [3.05, 3.63) is 41.5 Å². The highest BCUT2D eigenvalue weighted by Crippen LogP contribution is 2.09. The van der Waals surface area contributed by atoms with Crippen molar-refractivity contribution in [1.29, 1.82) is 0 Å². The lowest BCUT2D eigenvalue weighted by molar-refractivity contribution is -0.111. The summed E-state index contributed by atoms with van der Waals surface area (Å²) in [4.78, 5) is 22.7. The van der Waals surface area contributed by atoms with Crippen LogP contribution in [0.1, 0.15) is 24.2 Å². The molecule has 0 aliphatic carbocycles. The zero-order valence-electron chi connectivity index (χ0n) is 10.2. The molecule has 0 heterocycles. The second kappa shape index (κ2) is 5.84. The van der Waals surface area contributed by atoms with E-state index in [-0.39, 0.29) is 11.8 Å². The molecule has 0 radical (unpaired) electrons. The molecule has 2 N–H and O–H groups in total. The van der Waals surface area contributed by atoms with Crippen molar-refractivity contribution in [2.24, 2.45) is 0 Å². The van der Waals surface area contributed by atoms with Crippen LogP contribution in [-0.4, -0.2) is 18.9 Å². The second-order valence-electron chi connectivity index (χ2n) is 3.87. The topological polar surface area (TPSA) is 58.2 Å². The molecular weight excluding hydrogens is 216 g/mol. The number of allylic oxidation sites excluding steroid dienone is 1. The SMILES string of the molecule is CNC(=O)c1ccc(NC(=O)C=C(C)C)cc1. The minimum Gasteiger partial charge on any atom is -0.355 e. The summed E-state index contributed by atoms with van der Waals surface area (Å²) in [5.74, 6) is -0.315. The Bertz CT molecular complexity index is 443. The molecule has 0 spiro atoms. The van der Waals surface area contributed by atoms with Crippen LogP contribution in [0.25, 0.3) is 0 Å². The van der Waals surface area contributed by atoms with E-state index in [9.17, 15) is 9.59 Å². The predicted molar refractivity (Wildman–Crippen MR) is 67.9 cm³/mol. The Morgan fingerprint density at radius 2 is 1.71 bits per heavy atom. The molecule has 2 amide bonds. The molecule has 0 saturated carbocycles. The molecule has 0 atom stereocenters. The summed E-state index contributed by atoms with van der Waals surface area (Å²) in [7, 11) is 1.58. The highest BCUT2D eigenvalue weighted by molar-refractivity contribution is 6.00. The van der Waals surface area contributed by atoms with Gasteiger partial charge in [-0.15, -0.1) is 0 Å². The molecule has 90 valence electrons. The third kappa shape index (κ3) is 4.10. The standard InChI is InChI=1S/C13H16N2O2/c1-9(2)8-12(16)15-11-6-4-10(5-7-11)13(17)14-3/h4-8H,1-3H3,(H,14,17)(H,15,16).